The summed E-state index contributed by atoms with van der Waals surface area (Å²) in [7, 11) is 0. The highest BCUT2D eigenvalue weighted by molar-refractivity contribution is 5.14. The molecule has 0 saturated carbocycles. The molecule has 4 nitrogen and oxygen atoms in total. The lowest BCUT2D eigenvalue weighted by molar-refractivity contribution is 0.214. The maximum Gasteiger partial charge on any atom is 0.0544 e. The molecule has 21 heavy (non-hydrogen) atoms. The van der Waals surface area contributed by atoms with Crippen molar-refractivity contribution in [2.24, 2.45) is 0 Å². The number of hydrogen-bond acceptors (Lipinski definition) is 4. The van der Waals surface area contributed by atoms with E-state index in [1.165, 1.54) is 56.7 Å². The molecule has 2 fully saturated rings. The lowest BCUT2D eigenvalue weighted by Crippen LogP contribution is -2.36. The van der Waals surface area contributed by atoms with Gasteiger partial charge in [-0.25, -0.2) is 0 Å². The summed E-state index contributed by atoms with van der Waals surface area (Å²) in [5.41, 5.74) is 2.49. The second-order valence-corrected chi connectivity index (χ2v) is 6.36. The molecule has 1 atom stereocenters. The van der Waals surface area contributed by atoms with E-state index in [0.29, 0.717) is 0 Å². The fourth-order valence-corrected chi connectivity index (χ4v) is 3.58. The molecule has 1 N–H and O–H groups in total. The van der Waals surface area contributed by atoms with E-state index in [-0.39, 0.29) is 0 Å². The van der Waals surface area contributed by atoms with Crippen molar-refractivity contribution >= 4 is 0 Å². The van der Waals surface area contributed by atoms with Crippen molar-refractivity contribution in [3.8, 4) is 0 Å². The van der Waals surface area contributed by atoms with Crippen LogP contribution >= 0.6 is 0 Å². The number of hydrogen-bond donors (Lipinski definition) is 1. The Balaban J connectivity index is 1.55. The minimum absolute atomic E-state index is 0.792. The predicted molar refractivity (Wildman–Crippen MR) is 86.1 cm³/mol. The summed E-state index contributed by atoms with van der Waals surface area (Å²) in [6.07, 6.45) is 6.09. The number of nitrogens with one attached hydrogen (secondary N) is 1. The topological polar surface area (TPSA) is 31.4 Å². The molecule has 0 aliphatic carbocycles. The molecule has 0 radical (unpaired) electrons. The van der Waals surface area contributed by atoms with Crippen LogP contribution in [0.2, 0.25) is 0 Å². The van der Waals surface area contributed by atoms with Gasteiger partial charge in [-0.1, -0.05) is 13.0 Å². The molecular formula is C17H28N4. The fourth-order valence-electron chi connectivity index (χ4n) is 3.58. The van der Waals surface area contributed by atoms with Crippen molar-refractivity contribution in [3.63, 3.8) is 0 Å². The van der Waals surface area contributed by atoms with Crippen LogP contribution in [0.4, 0.5) is 0 Å². The zero-order valence-electron chi connectivity index (χ0n) is 13.2. The van der Waals surface area contributed by atoms with Crippen LogP contribution in [0.15, 0.2) is 18.3 Å². The molecule has 2 saturated heterocycles. The number of rotatable bonds is 5. The predicted octanol–water partition coefficient (Wildman–Crippen LogP) is 1.86. The Morgan fingerprint density at radius 2 is 2.14 bits per heavy atom. The van der Waals surface area contributed by atoms with Gasteiger partial charge < -0.3 is 5.32 Å². The van der Waals surface area contributed by atoms with Crippen LogP contribution in [0.3, 0.4) is 0 Å². The third-order valence-corrected chi connectivity index (χ3v) is 4.74. The zero-order valence-corrected chi connectivity index (χ0v) is 13.2. The normalized spacial score (nSPS) is 24.0. The van der Waals surface area contributed by atoms with Gasteiger partial charge in [-0.2, -0.15) is 0 Å². The van der Waals surface area contributed by atoms with Gasteiger partial charge in [0.15, 0.2) is 0 Å². The largest absolute Gasteiger partial charge is 0.313 e. The Hall–Kier alpha value is -0.970. The average Bonchev–Trinajstić information content (AvgIpc) is 2.85. The standard InChI is InChI=1S/C17H28N4/c1-2-18-11-15-6-7-16(19-12-15)13-20-8-4-10-21-9-3-5-17(21)14-20/h6-7,12,17-18H,2-5,8-11,13-14H2,1H3. The molecule has 1 aromatic heterocycles. The van der Waals surface area contributed by atoms with Gasteiger partial charge >= 0.3 is 0 Å². The molecular weight excluding hydrogens is 260 g/mol. The van der Waals surface area contributed by atoms with Gasteiger partial charge in [-0.05, 0) is 57.1 Å². The molecule has 0 amide bonds. The van der Waals surface area contributed by atoms with Crippen LogP contribution in [0.1, 0.15) is 37.4 Å². The number of aromatic nitrogens is 1. The van der Waals surface area contributed by atoms with Crippen molar-refractivity contribution in [2.75, 3.05) is 32.7 Å². The van der Waals surface area contributed by atoms with Crippen LogP contribution < -0.4 is 5.32 Å². The van der Waals surface area contributed by atoms with E-state index in [4.69, 9.17) is 0 Å². The average molecular weight is 288 g/mol. The highest BCUT2D eigenvalue weighted by Gasteiger charge is 2.28. The Labute approximate surface area is 128 Å². The minimum atomic E-state index is 0.792. The Kier molecular flexibility index (Phi) is 5.22. The van der Waals surface area contributed by atoms with Crippen LogP contribution in [-0.4, -0.2) is 53.5 Å². The second-order valence-electron chi connectivity index (χ2n) is 6.36. The van der Waals surface area contributed by atoms with Crippen LogP contribution in [0.25, 0.3) is 0 Å². The Morgan fingerprint density at radius 1 is 1.24 bits per heavy atom. The van der Waals surface area contributed by atoms with Gasteiger partial charge in [0.25, 0.3) is 0 Å². The molecule has 0 bridgehead atoms. The lowest BCUT2D eigenvalue weighted by Gasteiger charge is -2.25. The molecule has 4 heteroatoms. The Morgan fingerprint density at radius 3 is 2.95 bits per heavy atom. The third-order valence-electron chi connectivity index (χ3n) is 4.74. The second kappa shape index (κ2) is 7.34. The molecule has 1 unspecified atom stereocenters. The summed E-state index contributed by atoms with van der Waals surface area (Å²) < 4.78 is 0. The summed E-state index contributed by atoms with van der Waals surface area (Å²) in [6, 6.07) is 5.20. The number of fused-ring (bicyclic) bond motifs is 1. The first-order valence-electron chi connectivity index (χ1n) is 8.46. The van der Waals surface area contributed by atoms with E-state index in [1.807, 2.05) is 6.20 Å². The summed E-state index contributed by atoms with van der Waals surface area (Å²) in [4.78, 5) is 9.93. The van der Waals surface area contributed by atoms with Crippen LogP contribution in [0, 0.1) is 0 Å². The molecule has 0 spiro atoms. The monoisotopic (exact) mass is 288 g/mol. The maximum absolute atomic E-state index is 4.65. The third kappa shape index (κ3) is 4.02. The highest BCUT2D eigenvalue weighted by atomic mass is 15.3. The van der Waals surface area contributed by atoms with Gasteiger partial charge in [0, 0.05) is 31.9 Å². The van der Waals surface area contributed by atoms with E-state index >= 15 is 0 Å². The van der Waals surface area contributed by atoms with Crippen molar-refractivity contribution in [1.82, 2.24) is 20.1 Å². The first-order valence-corrected chi connectivity index (χ1v) is 8.46. The molecule has 2 aliphatic rings. The van der Waals surface area contributed by atoms with E-state index in [2.05, 4.69) is 39.2 Å². The zero-order chi connectivity index (χ0) is 14.5. The van der Waals surface area contributed by atoms with Crippen molar-refractivity contribution in [3.05, 3.63) is 29.6 Å². The van der Waals surface area contributed by atoms with E-state index in [1.54, 1.807) is 0 Å². The van der Waals surface area contributed by atoms with Gasteiger partial charge in [-0.15, -0.1) is 0 Å². The first-order chi connectivity index (χ1) is 10.3. The van der Waals surface area contributed by atoms with E-state index < -0.39 is 0 Å². The SMILES string of the molecule is CCNCc1ccc(CN2CCCN3CCCC3C2)nc1. The van der Waals surface area contributed by atoms with E-state index in [0.717, 1.165) is 25.7 Å². The summed E-state index contributed by atoms with van der Waals surface area (Å²) in [5.74, 6) is 0. The Bertz CT molecular complexity index is 431. The summed E-state index contributed by atoms with van der Waals surface area (Å²) >= 11 is 0. The summed E-state index contributed by atoms with van der Waals surface area (Å²) in [5, 5.41) is 3.34. The first kappa shape index (κ1) is 14.9. The minimum Gasteiger partial charge on any atom is -0.313 e. The maximum atomic E-state index is 4.65. The molecule has 3 heterocycles. The van der Waals surface area contributed by atoms with E-state index in [9.17, 15) is 0 Å². The molecule has 3 rings (SSSR count). The smallest absolute Gasteiger partial charge is 0.0544 e. The molecule has 2 aliphatic heterocycles. The van der Waals surface area contributed by atoms with Gasteiger partial charge in [0.05, 0.1) is 5.69 Å². The lowest BCUT2D eigenvalue weighted by atomic mass is 10.2. The van der Waals surface area contributed by atoms with Crippen molar-refractivity contribution in [1.29, 1.82) is 0 Å². The van der Waals surface area contributed by atoms with Gasteiger partial charge in [0.2, 0.25) is 0 Å². The molecule has 0 aromatic carbocycles. The molecule has 116 valence electrons. The quantitative estimate of drug-likeness (QED) is 0.896. The van der Waals surface area contributed by atoms with Crippen LogP contribution in [0.5, 0.6) is 0 Å². The van der Waals surface area contributed by atoms with Crippen molar-refractivity contribution < 1.29 is 0 Å². The highest BCUT2D eigenvalue weighted by Crippen LogP contribution is 2.22. The van der Waals surface area contributed by atoms with Crippen LogP contribution in [-0.2, 0) is 13.1 Å². The number of pyridine rings is 1. The molecule has 1 aromatic rings. The number of nitrogens with zero attached hydrogens (tertiary/aromatic N) is 3. The van der Waals surface area contributed by atoms with Gasteiger partial charge in [0.1, 0.15) is 0 Å². The van der Waals surface area contributed by atoms with Crippen molar-refractivity contribution in [2.45, 2.75) is 45.3 Å². The summed E-state index contributed by atoms with van der Waals surface area (Å²) in [6.45, 7) is 10.1. The fraction of sp³-hybridized carbons (Fsp3) is 0.706. The van der Waals surface area contributed by atoms with Gasteiger partial charge in [-0.3, -0.25) is 14.8 Å².